The van der Waals surface area contributed by atoms with Crippen molar-refractivity contribution in [3.63, 3.8) is 0 Å². The van der Waals surface area contributed by atoms with Gasteiger partial charge in [0, 0.05) is 19.2 Å². The summed E-state index contributed by atoms with van der Waals surface area (Å²) in [6, 6.07) is 3.85. The molecule has 0 spiro atoms. The monoisotopic (exact) mass is 374 g/mol. The van der Waals surface area contributed by atoms with Gasteiger partial charge in [0.15, 0.2) is 0 Å². The van der Waals surface area contributed by atoms with Crippen LogP contribution < -0.4 is 5.32 Å². The van der Waals surface area contributed by atoms with Crippen molar-refractivity contribution in [1.29, 1.82) is 0 Å². The normalized spacial score (nSPS) is 11.4. The number of alkyl halides is 3. The average molecular weight is 374 g/mol. The second-order valence-electron chi connectivity index (χ2n) is 5.07. The number of carbonyl (C=O) groups is 1. The number of aryl methyl sites for hydroxylation is 2. The zero-order valence-corrected chi connectivity index (χ0v) is 13.9. The van der Waals surface area contributed by atoms with Gasteiger partial charge in [-0.1, -0.05) is 0 Å². The predicted molar refractivity (Wildman–Crippen MR) is 85.4 cm³/mol. The summed E-state index contributed by atoms with van der Waals surface area (Å²) < 4.78 is 39.4. The first-order valence-electron chi connectivity index (χ1n) is 6.87. The first-order chi connectivity index (χ1) is 11.6. The van der Waals surface area contributed by atoms with E-state index in [0.29, 0.717) is 17.6 Å². The number of hydrogen-bond donors (Lipinski definition) is 1. The van der Waals surface area contributed by atoms with Crippen LogP contribution in [0.15, 0.2) is 29.2 Å². The number of hydrogen-bond acceptors (Lipinski definition) is 5. The van der Waals surface area contributed by atoms with E-state index in [4.69, 9.17) is 0 Å². The molecule has 0 saturated carbocycles. The molecule has 2 aromatic rings. The van der Waals surface area contributed by atoms with Crippen molar-refractivity contribution < 1.29 is 22.9 Å². The minimum atomic E-state index is -4.68. The molecule has 25 heavy (non-hydrogen) atoms. The SMILES string of the molecule is Cc1cc(NC(=O)CSc2ccc(C(F)(F)F)cc2[N+](=O)[O-])n(C)n1. The molecule has 1 aromatic heterocycles. The molecule has 7 nitrogen and oxygen atoms in total. The summed E-state index contributed by atoms with van der Waals surface area (Å²) in [7, 11) is 1.64. The lowest BCUT2D eigenvalue weighted by atomic mass is 10.2. The van der Waals surface area contributed by atoms with Crippen LogP contribution in [0.3, 0.4) is 0 Å². The number of amides is 1. The van der Waals surface area contributed by atoms with Crippen LogP contribution >= 0.6 is 11.8 Å². The van der Waals surface area contributed by atoms with E-state index < -0.39 is 28.3 Å². The third kappa shape index (κ3) is 4.72. The summed E-state index contributed by atoms with van der Waals surface area (Å²) in [4.78, 5) is 22.0. The molecule has 0 unspecified atom stereocenters. The lowest BCUT2D eigenvalue weighted by Gasteiger charge is -2.09. The third-order valence-corrected chi connectivity index (χ3v) is 4.17. The number of carbonyl (C=O) groups excluding carboxylic acids is 1. The third-order valence-electron chi connectivity index (χ3n) is 3.11. The van der Waals surface area contributed by atoms with Gasteiger partial charge < -0.3 is 5.32 Å². The molecular weight excluding hydrogens is 361 g/mol. The fourth-order valence-electron chi connectivity index (χ4n) is 2.01. The van der Waals surface area contributed by atoms with E-state index in [-0.39, 0.29) is 10.6 Å². The number of nitrogens with one attached hydrogen (secondary N) is 1. The number of thioether (sulfide) groups is 1. The largest absolute Gasteiger partial charge is 0.416 e. The second-order valence-corrected chi connectivity index (χ2v) is 6.09. The number of nitrogens with zero attached hydrogens (tertiary/aromatic N) is 3. The number of halogens is 3. The maximum Gasteiger partial charge on any atom is 0.416 e. The molecule has 1 heterocycles. The Morgan fingerprint density at radius 3 is 2.60 bits per heavy atom. The highest BCUT2D eigenvalue weighted by Crippen LogP contribution is 2.36. The first-order valence-corrected chi connectivity index (χ1v) is 7.85. The van der Waals surface area contributed by atoms with Crippen LogP contribution in [0, 0.1) is 17.0 Å². The van der Waals surface area contributed by atoms with Crippen molar-refractivity contribution in [3.05, 3.63) is 45.6 Å². The van der Waals surface area contributed by atoms with Gasteiger partial charge in [0.25, 0.3) is 5.69 Å². The quantitative estimate of drug-likeness (QED) is 0.492. The van der Waals surface area contributed by atoms with Gasteiger partial charge in [0.2, 0.25) is 5.91 Å². The maximum atomic E-state index is 12.7. The Morgan fingerprint density at radius 2 is 2.08 bits per heavy atom. The van der Waals surface area contributed by atoms with Crippen LogP contribution in [-0.4, -0.2) is 26.4 Å². The summed E-state index contributed by atoms with van der Waals surface area (Å²) in [6.45, 7) is 1.75. The van der Waals surface area contributed by atoms with Crippen LogP contribution in [0.4, 0.5) is 24.7 Å². The van der Waals surface area contributed by atoms with Gasteiger partial charge in [-0.3, -0.25) is 19.6 Å². The molecule has 0 radical (unpaired) electrons. The van der Waals surface area contributed by atoms with E-state index in [1.807, 2.05) is 0 Å². The average Bonchev–Trinajstić information content (AvgIpc) is 2.81. The molecule has 0 fully saturated rings. The van der Waals surface area contributed by atoms with Gasteiger partial charge in [-0.15, -0.1) is 11.8 Å². The summed E-state index contributed by atoms with van der Waals surface area (Å²) in [5.74, 6) is -0.205. The highest BCUT2D eigenvalue weighted by Gasteiger charge is 2.33. The van der Waals surface area contributed by atoms with Crippen molar-refractivity contribution in [1.82, 2.24) is 9.78 Å². The Labute approximate surface area is 144 Å². The van der Waals surface area contributed by atoms with E-state index in [1.165, 1.54) is 4.68 Å². The van der Waals surface area contributed by atoms with Gasteiger partial charge in [0.1, 0.15) is 5.82 Å². The lowest BCUT2D eigenvalue weighted by Crippen LogP contribution is -2.16. The fourth-order valence-corrected chi connectivity index (χ4v) is 2.81. The van der Waals surface area contributed by atoms with Crippen molar-refractivity contribution in [3.8, 4) is 0 Å². The predicted octanol–water partition coefficient (Wildman–Crippen LogP) is 3.39. The minimum Gasteiger partial charge on any atom is -0.310 e. The molecule has 0 bridgehead atoms. The van der Waals surface area contributed by atoms with E-state index in [9.17, 15) is 28.1 Å². The number of nitro groups is 1. The van der Waals surface area contributed by atoms with E-state index in [1.54, 1.807) is 20.0 Å². The van der Waals surface area contributed by atoms with Gasteiger partial charge >= 0.3 is 6.18 Å². The minimum absolute atomic E-state index is 0.0191. The van der Waals surface area contributed by atoms with Crippen LogP contribution in [-0.2, 0) is 18.0 Å². The summed E-state index contributed by atoms with van der Waals surface area (Å²) in [5.41, 5.74) is -1.11. The van der Waals surface area contributed by atoms with Crippen molar-refractivity contribution in [2.45, 2.75) is 18.0 Å². The molecule has 0 atom stereocenters. The van der Waals surface area contributed by atoms with Gasteiger partial charge in [-0.05, 0) is 19.1 Å². The van der Waals surface area contributed by atoms with Crippen LogP contribution in [0.2, 0.25) is 0 Å². The van der Waals surface area contributed by atoms with Crippen LogP contribution in [0.1, 0.15) is 11.3 Å². The highest BCUT2D eigenvalue weighted by molar-refractivity contribution is 8.00. The van der Waals surface area contributed by atoms with Gasteiger partial charge in [0.05, 0.1) is 26.8 Å². The molecule has 2 rings (SSSR count). The molecular formula is C14H13F3N4O3S. The fraction of sp³-hybridized carbons (Fsp3) is 0.286. The van der Waals surface area contributed by atoms with Crippen molar-refractivity contribution in [2.75, 3.05) is 11.1 Å². The molecule has 0 saturated heterocycles. The number of aromatic nitrogens is 2. The highest BCUT2D eigenvalue weighted by atomic mass is 32.2. The van der Waals surface area contributed by atoms with Crippen molar-refractivity contribution >= 4 is 29.2 Å². The maximum absolute atomic E-state index is 12.7. The number of nitro benzene ring substituents is 1. The molecule has 0 aliphatic heterocycles. The van der Waals surface area contributed by atoms with E-state index >= 15 is 0 Å². The Morgan fingerprint density at radius 1 is 1.40 bits per heavy atom. The Hall–Kier alpha value is -2.56. The lowest BCUT2D eigenvalue weighted by molar-refractivity contribution is -0.388. The number of rotatable bonds is 5. The Bertz CT molecular complexity index is 820. The van der Waals surface area contributed by atoms with E-state index in [2.05, 4.69) is 10.4 Å². The Balaban J connectivity index is 2.10. The van der Waals surface area contributed by atoms with Gasteiger partial charge in [-0.2, -0.15) is 18.3 Å². The standard InChI is InChI=1S/C14H13F3N4O3S/c1-8-5-12(20(2)19-8)18-13(22)7-25-11-4-3-9(14(15,16)17)6-10(11)21(23)24/h3-6H,7H2,1-2H3,(H,18,22). The molecule has 134 valence electrons. The van der Waals surface area contributed by atoms with Crippen molar-refractivity contribution in [2.24, 2.45) is 7.05 Å². The van der Waals surface area contributed by atoms with Crippen LogP contribution in [0.25, 0.3) is 0 Å². The smallest absolute Gasteiger partial charge is 0.310 e. The zero-order chi connectivity index (χ0) is 18.8. The summed E-state index contributed by atoms with van der Waals surface area (Å²) in [5, 5.41) is 17.6. The molecule has 1 aromatic carbocycles. The summed E-state index contributed by atoms with van der Waals surface area (Å²) >= 11 is 0.784. The molecule has 0 aliphatic rings. The molecule has 0 aliphatic carbocycles. The topological polar surface area (TPSA) is 90.1 Å². The van der Waals surface area contributed by atoms with Gasteiger partial charge in [-0.25, -0.2) is 0 Å². The zero-order valence-electron chi connectivity index (χ0n) is 13.1. The first kappa shape index (κ1) is 18.8. The molecule has 1 amide bonds. The second kappa shape index (κ2) is 7.13. The van der Waals surface area contributed by atoms with Crippen LogP contribution in [0.5, 0.6) is 0 Å². The Kier molecular flexibility index (Phi) is 5.36. The summed E-state index contributed by atoms with van der Waals surface area (Å²) in [6.07, 6.45) is -4.68. The molecule has 11 heteroatoms. The number of benzene rings is 1. The molecule has 1 N–H and O–H groups in total. The van der Waals surface area contributed by atoms with E-state index in [0.717, 1.165) is 23.9 Å². The number of anilines is 1.